The summed E-state index contributed by atoms with van der Waals surface area (Å²) < 4.78 is 5.65. The van der Waals surface area contributed by atoms with E-state index in [-0.39, 0.29) is 5.91 Å². The highest BCUT2D eigenvalue weighted by Crippen LogP contribution is 2.38. The first-order valence-electron chi connectivity index (χ1n) is 10.6. The van der Waals surface area contributed by atoms with Crippen molar-refractivity contribution in [2.24, 2.45) is 10.4 Å². The van der Waals surface area contributed by atoms with Gasteiger partial charge in [0.25, 0.3) is 5.91 Å². The third-order valence-corrected chi connectivity index (χ3v) is 5.92. The zero-order valence-corrected chi connectivity index (χ0v) is 17.5. The minimum atomic E-state index is 0.0922. The second kappa shape index (κ2) is 9.41. The SMILES string of the molecule is CCNC(=NCc1ccc(C(=O)N(CC)CC)cc1)N1CCC2(CCOC2)C1. The number of ether oxygens (including phenoxy) is 1. The topological polar surface area (TPSA) is 57.2 Å². The zero-order valence-electron chi connectivity index (χ0n) is 17.5. The first-order chi connectivity index (χ1) is 13.6. The number of hydrogen-bond acceptors (Lipinski definition) is 3. The molecule has 1 amide bonds. The molecule has 2 saturated heterocycles. The van der Waals surface area contributed by atoms with Gasteiger partial charge >= 0.3 is 0 Å². The summed E-state index contributed by atoms with van der Waals surface area (Å²) in [7, 11) is 0. The van der Waals surface area contributed by atoms with Gasteiger partial charge in [-0.2, -0.15) is 0 Å². The van der Waals surface area contributed by atoms with Gasteiger partial charge in [-0.05, 0) is 51.3 Å². The van der Waals surface area contributed by atoms with E-state index in [0.717, 1.165) is 69.4 Å². The highest BCUT2D eigenvalue weighted by Gasteiger charge is 2.42. The first kappa shape index (κ1) is 20.6. The van der Waals surface area contributed by atoms with Gasteiger partial charge in [0.15, 0.2) is 5.96 Å². The van der Waals surface area contributed by atoms with Crippen LogP contribution in [0, 0.1) is 5.41 Å². The van der Waals surface area contributed by atoms with Crippen molar-refractivity contribution in [1.29, 1.82) is 0 Å². The molecule has 6 heteroatoms. The number of nitrogens with zero attached hydrogens (tertiary/aromatic N) is 3. The van der Waals surface area contributed by atoms with Gasteiger partial charge in [0, 0.05) is 50.3 Å². The number of aliphatic imine (C=N–C) groups is 1. The third-order valence-electron chi connectivity index (χ3n) is 5.92. The van der Waals surface area contributed by atoms with Gasteiger partial charge in [-0.1, -0.05) is 12.1 Å². The van der Waals surface area contributed by atoms with Gasteiger partial charge in [0.1, 0.15) is 0 Å². The molecule has 154 valence electrons. The summed E-state index contributed by atoms with van der Waals surface area (Å²) in [5, 5.41) is 3.44. The van der Waals surface area contributed by atoms with Gasteiger partial charge in [0.05, 0.1) is 13.2 Å². The van der Waals surface area contributed by atoms with E-state index in [4.69, 9.17) is 9.73 Å². The number of carbonyl (C=O) groups is 1. The van der Waals surface area contributed by atoms with E-state index in [2.05, 4.69) is 17.1 Å². The van der Waals surface area contributed by atoms with Crippen molar-refractivity contribution in [1.82, 2.24) is 15.1 Å². The minimum absolute atomic E-state index is 0.0922. The largest absolute Gasteiger partial charge is 0.381 e. The molecule has 28 heavy (non-hydrogen) atoms. The predicted molar refractivity (Wildman–Crippen MR) is 113 cm³/mol. The first-order valence-corrected chi connectivity index (χ1v) is 10.6. The number of guanidine groups is 1. The summed E-state index contributed by atoms with van der Waals surface area (Å²) in [4.78, 5) is 21.5. The summed E-state index contributed by atoms with van der Waals surface area (Å²) in [6.45, 7) is 12.9. The van der Waals surface area contributed by atoms with E-state index in [1.807, 2.05) is 43.0 Å². The highest BCUT2D eigenvalue weighted by molar-refractivity contribution is 5.94. The molecule has 1 aromatic carbocycles. The van der Waals surface area contributed by atoms with E-state index < -0.39 is 0 Å². The van der Waals surface area contributed by atoms with Gasteiger partial charge < -0.3 is 19.9 Å². The van der Waals surface area contributed by atoms with Crippen molar-refractivity contribution in [3.05, 3.63) is 35.4 Å². The summed E-state index contributed by atoms with van der Waals surface area (Å²) in [6, 6.07) is 7.86. The van der Waals surface area contributed by atoms with Crippen LogP contribution < -0.4 is 5.32 Å². The van der Waals surface area contributed by atoms with Crippen LogP contribution >= 0.6 is 0 Å². The molecule has 1 aromatic rings. The lowest BCUT2D eigenvalue weighted by molar-refractivity contribution is 0.0773. The number of benzene rings is 1. The van der Waals surface area contributed by atoms with Crippen LogP contribution in [-0.2, 0) is 11.3 Å². The molecule has 1 N–H and O–H groups in total. The standard InChI is InChI=1S/C22H34N4O2/c1-4-23-21(26-13-11-22(16-26)12-14-28-17-22)24-15-18-7-9-19(10-8-18)20(27)25(5-2)6-3/h7-10H,4-6,11-17H2,1-3H3,(H,23,24). The van der Waals surface area contributed by atoms with Crippen LogP contribution in [0.5, 0.6) is 0 Å². The second-order valence-electron chi connectivity index (χ2n) is 7.82. The average molecular weight is 387 g/mol. The molecule has 2 heterocycles. The van der Waals surface area contributed by atoms with E-state index in [0.29, 0.717) is 12.0 Å². The van der Waals surface area contributed by atoms with Crippen LogP contribution in [0.4, 0.5) is 0 Å². The highest BCUT2D eigenvalue weighted by atomic mass is 16.5. The van der Waals surface area contributed by atoms with E-state index in [1.54, 1.807) is 0 Å². The molecule has 0 saturated carbocycles. The maximum absolute atomic E-state index is 12.4. The van der Waals surface area contributed by atoms with E-state index >= 15 is 0 Å². The molecule has 6 nitrogen and oxygen atoms in total. The van der Waals surface area contributed by atoms with Crippen LogP contribution in [0.15, 0.2) is 29.3 Å². The molecular weight excluding hydrogens is 352 g/mol. The third kappa shape index (κ3) is 4.66. The molecule has 2 aliphatic rings. The van der Waals surface area contributed by atoms with Crippen LogP contribution in [0.1, 0.15) is 49.5 Å². The normalized spacial score (nSPS) is 22.1. The lowest BCUT2D eigenvalue weighted by Gasteiger charge is -2.25. The van der Waals surface area contributed by atoms with Crippen molar-refractivity contribution in [2.75, 3.05) is 45.9 Å². The van der Waals surface area contributed by atoms with Crippen molar-refractivity contribution >= 4 is 11.9 Å². The number of nitrogens with one attached hydrogen (secondary N) is 1. The molecule has 3 rings (SSSR count). The lowest BCUT2D eigenvalue weighted by atomic mass is 9.87. The molecular formula is C22H34N4O2. The Morgan fingerprint density at radius 3 is 2.57 bits per heavy atom. The molecule has 2 fully saturated rings. The molecule has 1 spiro atoms. The number of amides is 1. The van der Waals surface area contributed by atoms with Gasteiger partial charge in [-0.3, -0.25) is 4.79 Å². The monoisotopic (exact) mass is 386 g/mol. The number of carbonyl (C=O) groups excluding carboxylic acids is 1. The van der Waals surface area contributed by atoms with Crippen molar-refractivity contribution in [2.45, 2.75) is 40.2 Å². The average Bonchev–Trinajstić information content (AvgIpc) is 3.36. The Labute approximate surface area is 168 Å². The van der Waals surface area contributed by atoms with Crippen LogP contribution in [0.3, 0.4) is 0 Å². The predicted octanol–water partition coefficient (Wildman–Crippen LogP) is 2.75. The minimum Gasteiger partial charge on any atom is -0.381 e. The Bertz CT molecular complexity index is 676. The fraction of sp³-hybridized carbons (Fsp3) is 0.636. The summed E-state index contributed by atoms with van der Waals surface area (Å²) >= 11 is 0. The molecule has 1 atom stereocenters. The summed E-state index contributed by atoms with van der Waals surface area (Å²) in [5.41, 5.74) is 2.18. The number of rotatable bonds is 6. The maximum atomic E-state index is 12.4. The zero-order chi connectivity index (χ0) is 20.0. The Morgan fingerprint density at radius 2 is 1.96 bits per heavy atom. The van der Waals surface area contributed by atoms with Crippen molar-refractivity contribution in [3.63, 3.8) is 0 Å². The lowest BCUT2D eigenvalue weighted by Crippen LogP contribution is -2.41. The van der Waals surface area contributed by atoms with Crippen LogP contribution in [-0.4, -0.2) is 67.6 Å². The van der Waals surface area contributed by atoms with Gasteiger partial charge in [0.2, 0.25) is 0 Å². The summed E-state index contributed by atoms with van der Waals surface area (Å²) in [6.07, 6.45) is 2.34. The van der Waals surface area contributed by atoms with Crippen LogP contribution in [0.25, 0.3) is 0 Å². The van der Waals surface area contributed by atoms with Crippen LogP contribution in [0.2, 0.25) is 0 Å². The molecule has 0 radical (unpaired) electrons. The second-order valence-corrected chi connectivity index (χ2v) is 7.82. The van der Waals surface area contributed by atoms with Crippen molar-refractivity contribution < 1.29 is 9.53 Å². The molecule has 2 aliphatic heterocycles. The Kier molecular flexibility index (Phi) is 6.94. The fourth-order valence-electron chi connectivity index (χ4n) is 4.13. The molecule has 0 aliphatic carbocycles. The molecule has 0 aromatic heterocycles. The Morgan fingerprint density at radius 1 is 1.21 bits per heavy atom. The van der Waals surface area contributed by atoms with Crippen molar-refractivity contribution in [3.8, 4) is 0 Å². The number of hydrogen-bond donors (Lipinski definition) is 1. The molecule has 1 unspecified atom stereocenters. The summed E-state index contributed by atoms with van der Waals surface area (Å²) in [5.74, 6) is 1.07. The Balaban J connectivity index is 1.64. The van der Waals surface area contributed by atoms with E-state index in [9.17, 15) is 4.79 Å². The molecule has 0 bridgehead atoms. The quantitative estimate of drug-likeness (QED) is 0.603. The van der Waals surface area contributed by atoms with Gasteiger partial charge in [-0.15, -0.1) is 0 Å². The smallest absolute Gasteiger partial charge is 0.253 e. The number of likely N-dealkylation sites (tertiary alicyclic amines) is 1. The fourth-order valence-corrected chi connectivity index (χ4v) is 4.13. The van der Waals surface area contributed by atoms with E-state index in [1.165, 1.54) is 6.42 Å². The Hall–Kier alpha value is -2.08. The maximum Gasteiger partial charge on any atom is 0.253 e. The van der Waals surface area contributed by atoms with Gasteiger partial charge in [-0.25, -0.2) is 4.99 Å².